The fraction of sp³-hybridized carbons (Fsp3) is 0.0667. The van der Waals surface area contributed by atoms with Gasteiger partial charge >= 0.3 is 30.2 Å². The van der Waals surface area contributed by atoms with Gasteiger partial charge in [0.05, 0.1) is 0 Å². The Bertz CT molecular complexity index is 1320. The van der Waals surface area contributed by atoms with E-state index in [1.807, 2.05) is 0 Å². The summed E-state index contributed by atoms with van der Waals surface area (Å²) in [5.74, 6) is 0. The van der Waals surface area contributed by atoms with Crippen molar-refractivity contribution in [1.29, 1.82) is 0 Å². The van der Waals surface area contributed by atoms with Gasteiger partial charge in [0.2, 0.25) is 0 Å². The van der Waals surface area contributed by atoms with Crippen molar-refractivity contribution in [2.45, 2.75) is 13.8 Å². The van der Waals surface area contributed by atoms with Crippen LogP contribution in [0.5, 0.6) is 0 Å². The Hall–Kier alpha value is -1.26. The van der Waals surface area contributed by atoms with Gasteiger partial charge in [-0.1, -0.05) is 49.2 Å². The zero-order valence-corrected chi connectivity index (χ0v) is 27.6. The van der Waals surface area contributed by atoms with Crippen LogP contribution in [0.4, 0.5) is 0 Å². The van der Waals surface area contributed by atoms with Crippen LogP contribution in [-0.4, -0.2) is 6.88 Å². The monoisotopic (exact) mass is 642 g/mol. The molecule has 0 nitrogen and oxygen atoms in total. The Morgan fingerprint density at radius 2 is 1.00 bits per heavy atom. The average Bonchev–Trinajstić information content (AvgIpc) is 3.60. The van der Waals surface area contributed by atoms with E-state index in [0.717, 1.165) is 0 Å². The first-order valence-electron chi connectivity index (χ1n) is 10.3. The quantitative estimate of drug-likeness (QED) is 0.130. The Balaban J connectivity index is 0.000000577. The summed E-state index contributed by atoms with van der Waals surface area (Å²) in [6.45, 7) is 7.36. The van der Waals surface area contributed by atoms with Gasteiger partial charge in [0, 0.05) is 9.75 Å². The number of benzene rings is 2. The molecule has 6 heteroatoms. The van der Waals surface area contributed by atoms with Crippen molar-refractivity contribution >= 4 is 75.9 Å². The number of fused-ring (bicyclic) bond motifs is 2. The molecule has 0 spiro atoms. The van der Waals surface area contributed by atoms with E-state index in [9.17, 15) is 0 Å². The van der Waals surface area contributed by atoms with E-state index in [-0.39, 0.29) is 39.7 Å². The molecule has 0 bridgehead atoms. The number of hydrogen-bond acceptors (Lipinski definition) is 2. The summed E-state index contributed by atoms with van der Waals surface area (Å²) in [6, 6.07) is 30.6. The summed E-state index contributed by atoms with van der Waals surface area (Å²) >= 11 is 4.96. The van der Waals surface area contributed by atoms with Crippen molar-refractivity contribution in [2.24, 2.45) is 0 Å². The first-order valence-corrected chi connectivity index (χ1v) is 16.3. The predicted octanol–water partition coefficient (Wildman–Crippen LogP) is 10.6. The third-order valence-corrected chi connectivity index (χ3v) is 7.17. The average molecular weight is 645 g/mol. The third kappa shape index (κ3) is 7.87. The fourth-order valence-electron chi connectivity index (χ4n) is 4.06. The zero-order chi connectivity index (χ0) is 22.5. The maximum absolute atomic E-state index is 3.06. The molecule has 0 N–H and O–H groups in total. The molecule has 0 aliphatic carbocycles. The van der Waals surface area contributed by atoms with Crippen LogP contribution >= 0.6 is 47.5 Å². The Labute approximate surface area is 253 Å². The molecule has 2 aromatic heterocycles. The molecule has 0 saturated carbocycles. The summed E-state index contributed by atoms with van der Waals surface area (Å²) in [5.41, 5.74) is 5.40. The van der Waals surface area contributed by atoms with Crippen molar-refractivity contribution < 1.29 is 23.3 Å². The molecule has 0 fully saturated rings. The van der Waals surface area contributed by atoms with Crippen LogP contribution in [-0.2, 0) is 23.3 Å². The molecular weight excluding hydrogens is 615 g/mol. The predicted molar refractivity (Wildman–Crippen MR) is 168 cm³/mol. The van der Waals surface area contributed by atoms with Gasteiger partial charge in [0.25, 0.3) is 0 Å². The Kier molecular flexibility index (Phi) is 16.0. The molecule has 6 aromatic rings. The van der Waals surface area contributed by atoms with E-state index in [1.54, 1.807) is 22.7 Å². The van der Waals surface area contributed by atoms with E-state index < -0.39 is 0 Å². The van der Waals surface area contributed by atoms with Gasteiger partial charge in [0.1, 0.15) is 0 Å². The topological polar surface area (TPSA) is 0 Å². The molecule has 0 aliphatic heterocycles. The van der Waals surface area contributed by atoms with E-state index >= 15 is 0 Å². The number of rotatable bonds is 2. The van der Waals surface area contributed by atoms with Gasteiger partial charge in [-0.3, -0.25) is 0 Å². The van der Waals surface area contributed by atoms with Gasteiger partial charge in [-0.15, -0.1) is 117 Å². The van der Waals surface area contributed by atoms with Crippen LogP contribution in [0, 0.1) is 28.7 Å². The second-order valence-corrected chi connectivity index (χ2v) is 9.53. The van der Waals surface area contributed by atoms with Crippen LogP contribution in [0.25, 0.3) is 42.4 Å². The molecule has 36 heavy (non-hydrogen) atoms. The van der Waals surface area contributed by atoms with Crippen LogP contribution < -0.4 is 0 Å². The van der Waals surface area contributed by atoms with Gasteiger partial charge < -0.3 is 14.9 Å². The normalized spacial score (nSPS) is 9.25. The first kappa shape index (κ1) is 34.7. The molecule has 188 valence electrons. The van der Waals surface area contributed by atoms with E-state index in [4.69, 9.17) is 0 Å². The van der Waals surface area contributed by atoms with Crippen molar-refractivity contribution in [3.8, 4) is 20.9 Å². The molecule has 0 unspecified atom stereocenters. The summed E-state index contributed by atoms with van der Waals surface area (Å²) in [7, 11) is 0. The van der Waals surface area contributed by atoms with Crippen molar-refractivity contribution in [3.05, 3.63) is 122 Å². The minimum atomic E-state index is 0. The zero-order valence-electron chi connectivity index (χ0n) is 20.9. The van der Waals surface area contributed by atoms with Gasteiger partial charge in [0.15, 0.2) is 0 Å². The molecule has 4 aromatic carbocycles. The summed E-state index contributed by atoms with van der Waals surface area (Å²) in [6.07, 6.45) is 0. The van der Waals surface area contributed by atoms with Crippen LogP contribution in [0.15, 0.2) is 95.7 Å². The van der Waals surface area contributed by atoms with Gasteiger partial charge in [-0.2, -0.15) is 12.1 Å². The van der Waals surface area contributed by atoms with Crippen molar-refractivity contribution in [3.63, 3.8) is 0 Å². The number of aryl methyl sites for hydroxylation is 2. The number of thiophene rings is 2. The fourth-order valence-corrected chi connectivity index (χ4v) is 5.59. The molecule has 2 radical (unpaired) electrons. The Morgan fingerprint density at radius 1 is 0.611 bits per heavy atom. The standard InChI is InChI=1S/2C14H11S.2CH3.2ClH.Si.Zr/c2*1-10-8-11-4-2-5-12(13(11)9-10)14-6-3-7-15-14;;;;;;/h2*2-9H,1H3;2*1H3;2*1H;;/q4*-1;;;;. The summed E-state index contributed by atoms with van der Waals surface area (Å²) in [4.78, 5) is 2.71. The van der Waals surface area contributed by atoms with Crippen molar-refractivity contribution in [2.75, 3.05) is 0 Å². The third-order valence-electron chi connectivity index (χ3n) is 5.36. The second kappa shape index (κ2) is 16.6. The number of halogens is 2. The number of hydrogen-bond donors (Lipinski definition) is 0. The molecule has 6 rings (SSSR count). The van der Waals surface area contributed by atoms with E-state index in [0.29, 0.717) is 0 Å². The molecule has 0 aliphatic rings. The SMILES string of the molecule is Cc1cc2c(-c3cccs3)cccc2[cH-]1.Cc1cc2c(-c3cccs3)cccc2[cH-]1.Cl.Cl.[CH3-].[CH3-].[Si]=[Zr]. The van der Waals surface area contributed by atoms with Crippen LogP contribution in [0.2, 0.25) is 0 Å². The molecule has 2 heterocycles. The second-order valence-electron chi connectivity index (χ2n) is 7.64. The van der Waals surface area contributed by atoms with E-state index in [2.05, 4.69) is 116 Å². The maximum atomic E-state index is 3.06. The van der Waals surface area contributed by atoms with Gasteiger partial charge in [-0.25, -0.2) is 0 Å². The first-order chi connectivity index (χ1) is 15.7. The molecule has 0 atom stereocenters. The molecular formula is C30H30Cl2S2SiZr-4. The molecule has 0 saturated heterocycles. The van der Waals surface area contributed by atoms with Gasteiger partial charge in [-0.05, 0) is 22.9 Å². The Morgan fingerprint density at radius 3 is 1.33 bits per heavy atom. The van der Waals surface area contributed by atoms with Crippen LogP contribution in [0.3, 0.4) is 0 Å². The summed E-state index contributed by atoms with van der Waals surface area (Å²) in [5, 5.41) is 9.69. The van der Waals surface area contributed by atoms with Crippen LogP contribution in [0.1, 0.15) is 11.1 Å². The van der Waals surface area contributed by atoms with Crippen molar-refractivity contribution in [1.82, 2.24) is 0 Å². The molecule has 0 amide bonds. The minimum absolute atomic E-state index is 0. The summed E-state index contributed by atoms with van der Waals surface area (Å²) < 4.78 is 0. The van der Waals surface area contributed by atoms with E-state index in [1.165, 1.54) is 76.9 Å².